The van der Waals surface area contributed by atoms with Gasteiger partial charge in [0.05, 0.1) is 12.1 Å². The van der Waals surface area contributed by atoms with Crippen molar-refractivity contribution in [2.24, 2.45) is 0 Å². The van der Waals surface area contributed by atoms with Gasteiger partial charge < -0.3 is 9.67 Å². The Morgan fingerprint density at radius 1 is 1.14 bits per heavy atom. The van der Waals surface area contributed by atoms with Crippen molar-refractivity contribution in [3.8, 4) is 0 Å². The van der Waals surface area contributed by atoms with Crippen molar-refractivity contribution in [3.05, 3.63) is 71.4 Å². The second-order valence-corrected chi connectivity index (χ2v) is 4.73. The quantitative estimate of drug-likeness (QED) is 0.798. The molecule has 2 aromatic carbocycles. The van der Waals surface area contributed by atoms with Crippen molar-refractivity contribution in [1.29, 1.82) is 0 Å². The minimum Gasteiger partial charge on any atom is -0.478 e. The molecule has 0 fully saturated rings. The number of fused-ring (bicyclic) bond motifs is 1. The molecule has 0 atom stereocenters. The molecule has 3 rings (SSSR count). The molecule has 1 aromatic heterocycles. The number of rotatable bonds is 3. The third-order valence-corrected chi connectivity index (χ3v) is 3.38. The maximum absolute atomic E-state index is 14.1. The highest BCUT2D eigenvalue weighted by Gasteiger charge is 2.14. The van der Waals surface area contributed by atoms with Crippen molar-refractivity contribution in [2.45, 2.75) is 6.54 Å². The summed E-state index contributed by atoms with van der Waals surface area (Å²) in [5.74, 6) is -2.37. The van der Waals surface area contributed by atoms with Crippen LogP contribution >= 0.6 is 0 Å². The third kappa shape index (κ3) is 2.38. The van der Waals surface area contributed by atoms with E-state index in [-0.39, 0.29) is 23.5 Å². The number of halogens is 2. The highest BCUT2D eigenvalue weighted by molar-refractivity contribution is 5.88. The Kier molecular flexibility index (Phi) is 3.17. The molecule has 21 heavy (non-hydrogen) atoms. The van der Waals surface area contributed by atoms with Crippen LogP contribution in [0.5, 0.6) is 0 Å². The summed E-state index contributed by atoms with van der Waals surface area (Å²) in [4.78, 5) is 10.9. The number of benzene rings is 2. The second kappa shape index (κ2) is 5.01. The number of carboxylic acids is 1. The topological polar surface area (TPSA) is 42.2 Å². The SMILES string of the molecule is O=C(O)c1cccc(Cn2ccc3cc(F)ccc32)c1F. The zero-order valence-electron chi connectivity index (χ0n) is 10.9. The Morgan fingerprint density at radius 3 is 2.71 bits per heavy atom. The molecule has 5 heteroatoms. The van der Waals surface area contributed by atoms with Gasteiger partial charge in [0.25, 0.3) is 0 Å². The fourth-order valence-corrected chi connectivity index (χ4v) is 2.36. The minimum atomic E-state index is -1.30. The maximum Gasteiger partial charge on any atom is 0.338 e. The molecule has 0 radical (unpaired) electrons. The van der Waals surface area contributed by atoms with Crippen LogP contribution in [0.1, 0.15) is 15.9 Å². The van der Waals surface area contributed by atoms with Crippen molar-refractivity contribution >= 4 is 16.9 Å². The van der Waals surface area contributed by atoms with E-state index >= 15 is 0 Å². The summed E-state index contributed by atoms with van der Waals surface area (Å²) in [5, 5.41) is 9.64. The largest absolute Gasteiger partial charge is 0.478 e. The molecule has 1 heterocycles. The average molecular weight is 287 g/mol. The number of carboxylic acid groups (broad SMARTS) is 1. The lowest BCUT2D eigenvalue weighted by atomic mass is 10.1. The molecule has 0 aliphatic carbocycles. The molecular formula is C16H11F2NO2. The molecule has 0 aliphatic heterocycles. The Balaban J connectivity index is 2.03. The van der Waals surface area contributed by atoms with E-state index in [1.807, 2.05) is 0 Å². The lowest BCUT2D eigenvalue weighted by Gasteiger charge is -2.08. The predicted molar refractivity (Wildman–Crippen MR) is 74.4 cm³/mol. The van der Waals surface area contributed by atoms with Crippen LogP contribution in [-0.4, -0.2) is 15.6 Å². The molecule has 1 N–H and O–H groups in total. The first-order valence-electron chi connectivity index (χ1n) is 6.31. The van der Waals surface area contributed by atoms with Crippen molar-refractivity contribution in [3.63, 3.8) is 0 Å². The summed E-state index contributed by atoms with van der Waals surface area (Å²) in [6, 6.07) is 10.4. The van der Waals surface area contributed by atoms with E-state index in [1.165, 1.54) is 30.3 Å². The molecule has 0 saturated heterocycles. The molecule has 0 bridgehead atoms. The Labute approximate surface area is 119 Å². The first-order chi connectivity index (χ1) is 10.1. The van der Waals surface area contributed by atoms with Crippen LogP contribution < -0.4 is 0 Å². The van der Waals surface area contributed by atoms with E-state index in [4.69, 9.17) is 5.11 Å². The van der Waals surface area contributed by atoms with E-state index in [2.05, 4.69) is 0 Å². The van der Waals surface area contributed by atoms with E-state index in [1.54, 1.807) is 22.9 Å². The van der Waals surface area contributed by atoms with Crippen molar-refractivity contribution < 1.29 is 18.7 Å². The van der Waals surface area contributed by atoms with E-state index in [9.17, 15) is 13.6 Å². The molecule has 106 valence electrons. The van der Waals surface area contributed by atoms with Crippen molar-refractivity contribution in [2.75, 3.05) is 0 Å². The summed E-state index contributed by atoms with van der Waals surface area (Å²) < 4.78 is 29.0. The van der Waals surface area contributed by atoms with Gasteiger partial charge in [-0.05, 0) is 30.3 Å². The standard InChI is InChI=1S/C16H11F2NO2/c17-12-4-5-14-10(8-12)6-7-19(14)9-11-2-1-3-13(15(11)18)16(20)21/h1-8H,9H2,(H,20,21). The van der Waals surface area contributed by atoms with E-state index in [0.29, 0.717) is 5.39 Å². The van der Waals surface area contributed by atoms with Gasteiger partial charge in [-0.25, -0.2) is 13.6 Å². The third-order valence-electron chi connectivity index (χ3n) is 3.38. The summed E-state index contributed by atoms with van der Waals surface area (Å²) >= 11 is 0. The van der Waals surface area contributed by atoms with Crippen molar-refractivity contribution in [1.82, 2.24) is 4.57 Å². The first-order valence-corrected chi connectivity index (χ1v) is 6.31. The average Bonchev–Trinajstić information content (AvgIpc) is 2.83. The van der Waals surface area contributed by atoms with Crippen LogP contribution in [0.3, 0.4) is 0 Å². The van der Waals surface area contributed by atoms with Gasteiger partial charge in [-0.1, -0.05) is 12.1 Å². The molecule has 0 amide bonds. The monoisotopic (exact) mass is 287 g/mol. The highest BCUT2D eigenvalue weighted by atomic mass is 19.1. The Hall–Kier alpha value is -2.69. The van der Waals surface area contributed by atoms with Gasteiger partial charge in [0.1, 0.15) is 11.6 Å². The lowest BCUT2D eigenvalue weighted by molar-refractivity contribution is 0.0691. The van der Waals surface area contributed by atoms with Gasteiger partial charge in [0.15, 0.2) is 0 Å². The lowest BCUT2D eigenvalue weighted by Crippen LogP contribution is -2.06. The zero-order chi connectivity index (χ0) is 15.0. The first kappa shape index (κ1) is 13.3. The fraction of sp³-hybridized carbons (Fsp3) is 0.0625. The summed E-state index contributed by atoms with van der Waals surface area (Å²) in [5.41, 5.74) is 0.684. The molecule has 0 aliphatic rings. The van der Waals surface area contributed by atoms with Gasteiger partial charge in [-0.15, -0.1) is 0 Å². The summed E-state index contributed by atoms with van der Waals surface area (Å²) in [7, 11) is 0. The van der Waals surface area contributed by atoms with Crippen LogP contribution in [0.4, 0.5) is 8.78 Å². The number of aromatic carboxylic acids is 1. The number of carbonyl (C=O) groups is 1. The Morgan fingerprint density at radius 2 is 1.95 bits per heavy atom. The van der Waals surface area contributed by atoms with Crippen LogP contribution in [0.15, 0.2) is 48.7 Å². The predicted octanol–water partition coefficient (Wildman–Crippen LogP) is 3.67. The number of hydrogen-bond acceptors (Lipinski definition) is 1. The van der Waals surface area contributed by atoms with Gasteiger partial charge in [0.2, 0.25) is 0 Å². The number of nitrogens with zero attached hydrogens (tertiary/aromatic N) is 1. The van der Waals surface area contributed by atoms with Gasteiger partial charge >= 0.3 is 5.97 Å². The molecule has 3 nitrogen and oxygen atoms in total. The highest BCUT2D eigenvalue weighted by Crippen LogP contribution is 2.20. The molecule has 0 spiro atoms. The Bertz CT molecular complexity index is 839. The smallest absolute Gasteiger partial charge is 0.338 e. The van der Waals surface area contributed by atoms with Crippen LogP contribution in [-0.2, 0) is 6.54 Å². The second-order valence-electron chi connectivity index (χ2n) is 4.73. The van der Waals surface area contributed by atoms with Gasteiger partial charge in [-0.3, -0.25) is 0 Å². The summed E-state index contributed by atoms with van der Waals surface area (Å²) in [6.07, 6.45) is 1.72. The zero-order valence-corrected chi connectivity index (χ0v) is 10.9. The van der Waals surface area contributed by atoms with E-state index < -0.39 is 11.8 Å². The van der Waals surface area contributed by atoms with Crippen LogP contribution in [0.2, 0.25) is 0 Å². The van der Waals surface area contributed by atoms with E-state index in [0.717, 1.165) is 5.52 Å². The number of aromatic nitrogens is 1. The summed E-state index contributed by atoms with van der Waals surface area (Å²) in [6.45, 7) is 0.183. The minimum absolute atomic E-state index is 0.183. The normalized spacial score (nSPS) is 11.0. The fourth-order valence-electron chi connectivity index (χ4n) is 2.36. The van der Waals surface area contributed by atoms with Crippen LogP contribution in [0.25, 0.3) is 10.9 Å². The molecule has 3 aromatic rings. The molecular weight excluding hydrogens is 276 g/mol. The van der Waals surface area contributed by atoms with Gasteiger partial charge in [-0.2, -0.15) is 0 Å². The van der Waals surface area contributed by atoms with Crippen LogP contribution in [0, 0.1) is 11.6 Å². The van der Waals surface area contributed by atoms with Gasteiger partial charge in [0, 0.05) is 22.7 Å². The molecule has 0 unspecified atom stereocenters. The maximum atomic E-state index is 14.1. The molecule has 0 saturated carbocycles. The number of hydrogen-bond donors (Lipinski definition) is 1.